The third-order valence-electron chi connectivity index (χ3n) is 4.24. The van der Waals surface area contributed by atoms with Gasteiger partial charge in [0, 0.05) is 35.5 Å². The molecule has 0 radical (unpaired) electrons. The first-order valence-electron chi connectivity index (χ1n) is 7.93. The molecule has 6 heteroatoms. The minimum atomic E-state index is -0.172. The Morgan fingerprint density at radius 3 is 2.83 bits per heavy atom. The molecule has 0 saturated heterocycles. The number of hydrogen-bond acceptors (Lipinski definition) is 4. The first-order chi connectivity index (χ1) is 11.2. The molecule has 3 N–H and O–H groups in total. The van der Waals surface area contributed by atoms with E-state index in [1.165, 1.54) is 0 Å². The largest absolute Gasteiger partial charge is 0.396 e. The number of anilines is 1. The maximum atomic E-state index is 12.1. The molecular formula is C17H21N3O2S. The Hall–Kier alpha value is -1.92. The fraction of sp³-hybridized carbons (Fsp3) is 0.412. The zero-order valence-electron chi connectivity index (χ0n) is 12.9. The average Bonchev–Trinajstić information content (AvgIpc) is 3.10. The summed E-state index contributed by atoms with van der Waals surface area (Å²) in [5.41, 5.74) is 1.76. The molecule has 1 heterocycles. The van der Waals surface area contributed by atoms with Gasteiger partial charge in [-0.25, -0.2) is 9.78 Å². The van der Waals surface area contributed by atoms with Gasteiger partial charge < -0.3 is 15.7 Å². The average molecular weight is 331 g/mol. The molecule has 0 aliphatic heterocycles. The lowest BCUT2D eigenvalue weighted by Gasteiger charge is -2.27. The van der Waals surface area contributed by atoms with Crippen LogP contribution in [-0.2, 0) is 0 Å². The van der Waals surface area contributed by atoms with Gasteiger partial charge in [0.15, 0.2) is 0 Å². The van der Waals surface area contributed by atoms with Crippen molar-refractivity contribution in [2.45, 2.75) is 31.7 Å². The topological polar surface area (TPSA) is 74.2 Å². The van der Waals surface area contributed by atoms with Crippen LogP contribution in [0.4, 0.5) is 10.5 Å². The molecule has 1 fully saturated rings. The molecule has 2 amide bonds. The lowest BCUT2D eigenvalue weighted by molar-refractivity contribution is 0.176. The Balaban J connectivity index is 1.55. The van der Waals surface area contributed by atoms with Gasteiger partial charge in [0.1, 0.15) is 5.01 Å². The van der Waals surface area contributed by atoms with Gasteiger partial charge >= 0.3 is 6.03 Å². The number of aliphatic hydroxyl groups excluding tert-OH is 1. The Labute approximate surface area is 139 Å². The van der Waals surface area contributed by atoms with E-state index in [0.29, 0.717) is 5.92 Å². The summed E-state index contributed by atoms with van der Waals surface area (Å²) in [5.74, 6) is 0.395. The smallest absolute Gasteiger partial charge is 0.319 e. The molecule has 0 spiro atoms. The van der Waals surface area contributed by atoms with Crippen molar-refractivity contribution in [3.63, 3.8) is 0 Å². The number of thiazole rings is 1. The second-order valence-corrected chi connectivity index (χ2v) is 6.81. The van der Waals surface area contributed by atoms with Gasteiger partial charge in [-0.1, -0.05) is 12.1 Å². The number of aliphatic hydroxyl groups is 1. The molecule has 1 aliphatic carbocycles. The minimum Gasteiger partial charge on any atom is -0.396 e. The van der Waals surface area contributed by atoms with Gasteiger partial charge in [0.25, 0.3) is 0 Å². The molecule has 5 nitrogen and oxygen atoms in total. The highest BCUT2D eigenvalue weighted by Gasteiger charge is 2.21. The van der Waals surface area contributed by atoms with E-state index < -0.39 is 0 Å². The van der Waals surface area contributed by atoms with Gasteiger partial charge in [-0.15, -0.1) is 11.3 Å². The van der Waals surface area contributed by atoms with E-state index in [0.717, 1.165) is 41.9 Å². The van der Waals surface area contributed by atoms with Crippen LogP contribution in [0.3, 0.4) is 0 Å². The Morgan fingerprint density at radius 1 is 1.30 bits per heavy atom. The van der Waals surface area contributed by atoms with E-state index in [1.807, 2.05) is 29.6 Å². The van der Waals surface area contributed by atoms with Crippen molar-refractivity contribution in [1.82, 2.24) is 10.3 Å². The zero-order chi connectivity index (χ0) is 16.1. The lowest BCUT2D eigenvalue weighted by Crippen LogP contribution is -2.40. The van der Waals surface area contributed by atoms with Crippen LogP contribution in [0.1, 0.15) is 25.7 Å². The number of rotatable bonds is 4. The van der Waals surface area contributed by atoms with E-state index >= 15 is 0 Å². The summed E-state index contributed by atoms with van der Waals surface area (Å²) in [6.45, 7) is 0.252. The normalized spacial score (nSPS) is 20.9. The van der Waals surface area contributed by atoms with Gasteiger partial charge in [0.2, 0.25) is 0 Å². The van der Waals surface area contributed by atoms with Crippen molar-refractivity contribution in [3.05, 3.63) is 35.8 Å². The molecule has 0 unspecified atom stereocenters. The molecule has 1 saturated carbocycles. The summed E-state index contributed by atoms with van der Waals surface area (Å²) in [6, 6.07) is 7.73. The SMILES string of the molecule is O=C(Nc1cccc(-c2nccs2)c1)NC1CCC(CO)CC1. The second kappa shape index (κ2) is 7.57. The van der Waals surface area contributed by atoms with Crippen LogP contribution in [0.25, 0.3) is 10.6 Å². The third kappa shape index (κ3) is 4.30. The number of benzene rings is 1. The maximum Gasteiger partial charge on any atom is 0.319 e. The molecular weight excluding hydrogens is 310 g/mol. The molecule has 1 aromatic carbocycles. The van der Waals surface area contributed by atoms with Crippen molar-refractivity contribution in [2.75, 3.05) is 11.9 Å². The molecule has 0 bridgehead atoms. The van der Waals surface area contributed by atoms with E-state index in [4.69, 9.17) is 5.11 Å². The van der Waals surface area contributed by atoms with Crippen molar-refractivity contribution < 1.29 is 9.90 Å². The lowest BCUT2D eigenvalue weighted by atomic mass is 9.87. The van der Waals surface area contributed by atoms with E-state index in [9.17, 15) is 4.79 Å². The molecule has 1 aliphatic rings. The first-order valence-corrected chi connectivity index (χ1v) is 8.81. The van der Waals surface area contributed by atoms with Crippen LogP contribution in [-0.4, -0.2) is 28.8 Å². The Kier molecular flexibility index (Phi) is 5.25. The Bertz CT molecular complexity index is 637. The van der Waals surface area contributed by atoms with Crippen molar-refractivity contribution >= 4 is 23.1 Å². The highest BCUT2D eigenvalue weighted by Crippen LogP contribution is 2.25. The number of nitrogens with one attached hydrogen (secondary N) is 2. The van der Waals surface area contributed by atoms with Gasteiger partial charge in [-0.05, 0) is 43.7 Å². The van der Waals surface area contributed by atoms with E-state index in [-0.39, 0.29) is 18.7 Å². The summed E-state index contributed by atoms with van der Waals surface area (Å²) >= 11 is 1.57. The second-order valence-electron chi connectivity index (χ2n) is 5.92. The van der Waals surface area contributed by atoms with Crippen LogP contribution in [0.2, 0.25) is 0 Å². The number of aromatic nitrogens is 1. The van der Waals surface area contributed by atoms with Crippen LogP contribution < -0.4 is 10.6 Å². The number of hydrogen-bond donors (Lipinski definition) is 3. The van der Waals surface area contributed by atoms with Crippen molar-refractivity contribution in [2.24, 2.45) is 5.92 Å². The van der Waals surface area contributed by atoms with Crippen LogP contribution in [0, 0.1) is 5.92 Å². The molecule has 2 aromatic rings. The summed E-state index contributed by atoms with van der Waals surface area (Å²) in [7, 11) is 0. The quantitative estimate of drug-likeness (QED) is 0.803. The number of nitrogens with zero attached hydrogens (tertiary/aromatic N) is 1. The minimum absolute atomic E-state index is 0.172. The van der Waals surface area contributed by atoms with Gasteiger partial charge in [-0.3, -0.25) is 0 Å². The molecule has 1 aromatic heterocycles. The van der Waals surface area contributed by atoms with Crippen LogP contribution in [0.5, 0.6) is 0 Å². The monoisotopic (exact) mass is 331 g/mol. The summed E-state index contributed by atoms with van der Waals surface area (Å²) in [5, 5.41) is 17.9. The summed E-state index contributed by atoms with van der Waals surface area (Å²) in [6.07, 6.45) is 5.58. The standard InChI is InChI=1S/C17H21N3O2S/c21-11-12-4-6-14(7-5-12)19-17(22)20-15-3-1-2-13(10-15)16-18-8-9-23-16/h1-3,8-10,12,14,21H,4-7,11H2,(H2,19,20,22). The third-order valence-corrected chi connectivity index (χ3v) is 5.06. The predicted molar refractivity (Wildman–Crippen MR) is 92.5 cm³/mol. The number of amides is 2. The van der Waals surface area contributed by atoms with Crippen LogP contribution in [0.15, 0.2) is 35.8 Å². The predicted octanol–water partition coefficient (Wildman–Crippen LogP) is 3.48. The van der Waals surface area contributed by atoms with Gasteiger partial charge in [0.05, 0.1) is 0 Å². The molecule has 0 atom stereocenters. The van der Waals surface area contributed by atoms with Crippen molar-refractivity contribution in [1.29, 1.82) is 0 Å². The fourth-order valence-electron chi connectivity index (χ4n) is 2.94. The summed E-state index contributed by atoms with van der Waals surface area (Å²) < 4.78 is 0. The Morgan fingerprint density at radius 2 is 2.13 bits per heavy atom. The highest BCUT2D eigenvalue weighted by molar-refractivity contribution is 7.13. The molecule has 122 valence electrons. The van der Waals surface area contributed by atoms with E-state index in [2.05, 4.69) is 15.6 Å². The molecule has 3 rings (SSSR count). The zero-order valence-corrected chi connectivity index (χ0v) is 13.7. The van der Waals surface area contributed by atoms with E-state index in [1.54, 1.807) is 17.5 Å². The van der Waals surface area contributed by atoms with Crippen molar-refractivity contribution in [3.8, 4) is 10.6 Å². The number of carbonyl (C=O) groups is 1. The fourth-order valence-corrected chi connectivity index (χ4v) is 3.57. The maximum absolute atomic E-state index is 12.1. The highest BCUT2D eigenvalue weighted by atomic mass is 32.1. The number of carbonyl (C=O) groups excluding carboxylic acids is 1. The summed E-state index contributed by atoms with van der Waals surface area (Å²) in [4.78, 5) is 16.4. The number of urea groups is 1. The molecule has 23 heavy (non-hydrogen) atoms. The van der Waals surface area contributed by atoms with Gasteiger partial charge in [-0.2, -0.15) is 0 Å². The van der Waals surface area contributed by atoms with Crippen LogP contribution >= 0.6 is 11.3 Å². The first kappa shape index (κ1) is 16.0.